The summed E-state index contributed by atoms with van der Waals surface area (Å²) in [7, 11) is -2.93. The van der Waals surface area contributed by atoms with Gasteiger partial charge >= 0.3 is 0 Å². The molecule has 0 spiro atoms. The van der Waals surface area contributed by atoms with E-state index in [4.69, 9.17) is 4.74 Å². The van der Waals surface area contributed by atoms with Crippen LogP contribution < -0.4 is 10.1 Å². The predicted octanol–water partition coefficient (Wildman–Crippen LogP) is 2.48. The number of sulfone groups is 1. The van der Waals surface area contributed by atoms with E-state index in [0.29, 0.717) is 6.42 Å². The Morgan fingerprint density at radius 2 is 1.91 bits per heavy atom. The van der Waals surface area contributed by atoms with E-state index in [9.17, 15) is 13.2 Å². The van der Waals surface area contributed by atoms with Crippen molar-refractivity contribution in [2.75, 3.05) is 11.5 Å². The second-order valence-corrected chi connectivity index (χ2v) is 8.73. The Hall–Kier alpha value is -1.56. The summed E-state index contributed by atoms with van der Waals surface area (Å²) >= 11 is 0. The van der Waals surface area contributed by atoms with E-state index in [0.717, 1.165) is 11.3 Å². The number of nitrogens with one attached hydrogen (secondary N) is 1. The molecule has 1 aromatic rings. The highest BCUT2D eigenvalue weighted by Crippen LogP contribution is 2.23. The van der Waals surface area contributed by atoms with E-state index in [1.165, 1.54) is 0 Å². The Morgan fingerprint density at radius 3 is 2.43 bits per heavy atom. The van der Waals surface area contributed by atoms with Crippen LogP contribution >= 0.6 is 0 Å². The first-order valence-corrected chi connectivity index (χ1v) is 9.84. The molecule has 1 amide bonds. The Labute approximate surface area is 138 Å². The summed E-state index contributed by atoms with van der Waals surface area (Å²) in [4.78, 5) is 12.1. The maximum Gasteiger partial charge on any atom is 0.220 e. The molecule has 0 aromatic heterocycles. The van der Waals surface area contributed by atoms with Crippen LogP contribution in [0.3, 0.4) is 0 Å². The Morgan fingerprint density at radius 1 is 1.26 bits per heavy atom. The second-order valence-electron chi connectivity index (χ2n) is 6.50. The highest BCUT2D eigenvalue weighted by Gasteiger charge is 2.29. The molecular formula is C17H25NO4S. The van der Waals surface area contributed by atoms with Gasteiger partial charge in [0.2, 0.25) is 5.91 Å². The summed E-state index contributed by atoms with van der Waals surface area (Å²) in [6, 6.07) is 7.53. The molecule has 1 saturated heterocycles. The number of hydrogen-bond donors (Lipinski definition) is 1. The van der Waals surface area contributed by atoms with Gasteiger partial charge in [-0.3, -0.25) is 4.79 Å². The second kappa shape index (κ2) is 7.34. The summed E-state index contributed by atoms with van der Waals surface area (Å²) in [5.74, 6) is 1.00. The normalized spacial score (nSPS) is 21.1. The molecule has 0 radical (unpaired) electrons. The molecule has 1 fully saturated rings. The van der Waals surface area contributed by atoms with Crippen molar-refractivity contribution >= 4 is 15.7 Å². The van der Waals surface area contributed by atoms with Crippen LogP contribution in [0.25, 0.3) is 0 Å². The van der Waals surface area contributed by atoms with Gasteiger partial charge in [-0.2, -0.15) is 0 Å². The third-order valence-corrected chi connectivity index (χ3v) is 5.77. The predicted molar refractivity (Wildman–Crippen MR) is 90.1 cm³/mol. The van der Waals surface area contributed by atoms with E-state index >= 15 is 0 Å². The zero-order valence-electron chi connectivity index (χ0n) is 13.9. The van der Waals surface area contributed by atoms with E-state index in [1.807, 2.05) is 45.0 Å². The zero-order valence-corrected chi connectivity index (χ0v) is 14.7. The van der Waals surface area contributed by atoms with Crippen LogP contribution in [0.15, 0.2) is 24.3 Å². The number of hydrogen-bond acceptors (Lipinski definition) is 4. The highest BCUT2D eigenvalue weighted by molar-refractivity contribution is 7.91. The summed E-state index contributed by atoms with van der Waals surface area (Å²) in [6.07, 6.45) is 0.990. The van der Waals surface area contributed by atoms with Crippen molar-refractivity contribution in [1.29, 1.82) is 0 Å². The Bertz CT molecular complexity index is 637. The lowest BCUT2D eigenvalue weighted by molar-refractivity contribution is -0.122. The van der Waals surface area contributed by atoms with Gasteiger partial charge < -0.3 is 10.1 Å². The maximum atomic E-state index is 12.1. The number of rotatable bonds is 6. The van der Waals surface area contributed by atoms with Crippen molar-refractivity contribution in [2.24, 2.45) is 5.92 Å². The van der Waals surface area contributed by atoms with E-state index in [2.05, 4.69) is 5.32 Å². The molecule has 2 atom stereocenters. The van der Waals surface area contributed by atoms with Crippen LogP contribution in [0.1, 0.15) is 45.2 Å². The molecule has 5 nitrogen and oxygen atoms in total. The molecule has 1 N–H and O–H groups in total. The van der Waals surface area contributed by atoms with Crippen molar-refractivity contribution in [1.82, 2.24) is 5.32 Å². The molecule has 0 bridgehead atoms. The van der Waals surface area contributed by atoms with E-state index in [1.54, 1.807) is 0 Å². The van der Waals surface area contributed by atoms with Crippen molar-refractivity contribution in [3.63, 3.8) is 0 Å². The molecule has 6 heteroatoms. The van der Waals surface area contributed by atoms with E-state index < -0.39 is 9.84 Å². The fraction of sp³-hybridized carbons (Fsp3) is 0.588. The Kier molecular flexibility index (Phi) is 5.68. The van der Waals surface area contributed by atoms with Crippen LogP contribution in [0.2, 0.25) is 0 Å². The van der Waals surface area contributed by atoms with Gasteiger partial charge in [0.05, 0.1) is 23.7 Å². The molecule has 2 rings (SSSR count). The molecular weight excluding hydrogens is 314 g/mol. The monoisotopic (exact) mass is 339 g/mol. The lowest BCUT2D eigenvalue weighted by Crippen LogP contribution is -2.28. The number of carbonyl (C=O) groups is 1. The van der Waals surface area contributed by atoms with Crippen LogP contribution in [0, 0.1) is 5.92 Å². The number of carbonyl (C=O) groups excluding carboxylic acids is 1. The molecule has 1 heterocycles. The first-order valence-electron chi connectivity index (χ1n) is 8.01. The smallest absolute Gasteiger partial charge is 0.220 e. The van der Waals surface area contributed by atoms with Crippen LogP contribution in [-0.2, 0) is 14.6 Å². The lowest BCUT2D eigenvalue weighted by Gasteiger charge is -2.17. The fourth-order valence-electron chi connectivity index (χ4n) is 2.79. The first-order chi connectivity index (χ1) is 10.7. The fourth-order valence-corrected chi connectivity index (χ4v) is 4.65. The van der Waals surface area contributed by atoms with Gasteiger partial charge in [0.25, 0.3) is 0 Å². The minimum absolute atomic E-state index is 0.0472. The van der Waals surface area contributed by atoms with Gasteiger partial charge in [-0.1, -0.05) is 12.1 Å². The average molecular weight is 339 g/mol. The standard InChI is InChI=1S/C17H25NO4S/c1-12(2)22-16-6-4-15(5-7-16)13(3)18-17(19)10-14-8-9-23(20,21)11-14/h4-7,12-14H,8-11H2,1-3H3,(H,18,19). The third kappa shape index (κ3) is 5.53. The molecule has 0 saturated carbocycles. The number of amides is 1. The molecule has 0 aliphatic carbocycles. The lowest BCUT2D eigenvalue weighted by atomic mass is 10.0. The summed E-state index contributed by atoms with van der Waals surface area (Å²) in [6.45, 7) is 5.86. The van der Waals surface area contributed by atoms with Crippen molar-refractivity contribution < 1.29 is 17.9 Å². The third-order valence-electron chi connectivity index (χ3n) is 3.93. The van der Waals surface area contributed by atoms with Gasteiger partial charge in [-0.15, -0.1) is 0 Å². The number of benzene rings is 1. The highest BCUT2D eigenvalue weighted by atomic mass is 32.2. The SMILES string of the molecule is CC(C)Oc1ccc(C(C)NC(=O)CC2CCS(=O)(=O)C2)cc1. The first kappa shape index (κ1) is 17.8. The van der Waals surface area contributed by atoms with Gasteiger partial charge in [0, 0.05) is 6.42 Å². The minimum atomic E-state index is -2.93. The molecule has 2 unspecified atom stereocenters. The maximum absolute atomic E-state index is 12.1. The van der Waals surface area contributed by atoms with Crippen molar-refractivity contribution in [3.8, 4) is 5.75 Å². The summed E-state index contributed by atoms with van der Waals surface area (Å²) in [5, 5.41) is 2.94. The van der Waals surface area contributed by atoms with Crippen LogP contribution in [-0.4, -0.2) is 31.9 Å². The van der Waals surface area contributed by atoms with Crippen molar-refractivity contribution in [2.45, 2.75) is 45.8 Å². The molecule has 128 valence electrons. The topological polar surface area (TPSA) is 72.5 Å². The quantitative estimate of drug-likeness (QED) is 0.864. The largest absolute Gasteiger partial charge is 0.491 e. The van der Waals surface area contributed by atoms with Crippen LogP contribution in [0.4, 0.5) is 0 Å². The number of ether oxygens (including phenoxy) is 1. The van der Waals surface area contributed by atoms with Gasteiger partial charge in [-0.05, 0) is 50.8 Å². The average Bonchev–Trinajstić information content (AvgIpc) is 2.77. The molecule has 1 aliphatic rings. The Balaban J connectivity index is 1.86. The van der Waals surface area contributed by atoms with Crippen molar-refractivity contribution in [3.05, 3.63) is 29.8 Å². The molecule has 1 aromatic carbocycles. The van der Waals surface area contributed by atoms with E-state index in [-0.39, 0.29) is 41.9 Å². The minimum Gasteiger partial charge on any atom is -0.491 e. The molecule has 1 aliphatic heterocycles. The summed E-state index contributed by atoms with van der Waals surface area (Å²) < 4.78 is 28.5. The van der Waals surface area contributed by atoms with Crippen LogP contribution in [0.5, 0.6) is 5.75 Å². The molecule has 23 heavy (non-hydrogen) atoms. The van der Waals surface area contributed by atoms with Gasteiger partial charge in [0.15, 0.2) is 9.84 Å². The van der Waals surface area contributed by atoms with Gasteiger partial charge in [0.1, 0.15) is 5.75 Å². The summed E-state index contributed by atoms with van der Waals surface area (Å²) in [5.41, 5.74) is 0.994. The van der Waals surface area contributed by atoms with Gasteiger partial charge in [-0.25, -0.2) is 8.42 Å². The zero-order chi connectivity index (χ0) is 17.0.